The molecule has 0 aliphatic rings. The van der Waals surface area contributed by atoms with Crippen LogP contribution in [0.15, 0.2) is 102 Å². The SMILES string of the molecule is CN(C(=O)c1ccccc1)c1ccc2c(c1)nc(NC(=O)c1ccc(-c3cnco3)s1)n2Cc1ccccn1. The van der Waals surface area contributed by atoms with E-state index in [-0.39, 0.29) is 11.8 Å². The van der Waals surface area contributed by atoms with Crippen LogP contribution in [0.3, 0.4) is 0 Å². The summed E-state index contributed by atoms with van der Waals surface area (Å²) in [5.74, 6) is 0.559. The molecule has 0 saturated heterocycles. The van der Waals surface area contributed by atoms with E-state index < -0.39 is 0 Å². The second-order valence-corrected chi connectivity index (χ2v) is 9.81. The molecule has 1 N–H and O–H groups in total. The zero-order chi connectivity index (χ0) is 26.8. The van der Waals surface area contributed by atoms with Crippen molar-refractivity contribution in [3.05, 3.63) is 114 Å². The first-order valence-electron chi connectivity index (χ1n) is 12.1. The van der Waals surface area contributed by atoms with Gasteiger partial charge in [-0.2, -0.15) is 0 Å². The Labute approximate surface area is 227 Å². The molecule has 0 aliphatic carbocycles. The summed E-state index contributed by atoms with van der Waals surface area (Å²) in [6, 6.07) is 24.0. The lowest BCUT2D eigenvalue weighted by molar-refractivity contribution is 0.0991. The van der Waals surface area contributed by atoms with Gasteiger partial charge in [-0.25, -0.2) is 9.97 Å². The van der Waals surface area contributed by atoms with Crippen LogP contribution >= 0.6 is 11.3 Å². The van der Waals surface area contributed by atoms with E-state index in [4.69, 9.17) is 9.40 Å². The number of pyridine rings is 1. The number of benzene rings is 2. The van der Waals surface area contributed by atoms with E-state index in [0.717, 1.165) is 16.1 Å². The zero-order valence-electron chi connectivity index (χ0n) is 20.8. The van der Waals surface area contributed by atoms with Crippen molar-refractivity contribution in [1.29, 1.82) is 0 Å². The molecule has 0 aliphatic heterocycles. The maximum absolute atomic E-state index is 13.2. The first-order chi connectivity index (χ1) is 19.1. The molecule has 0 unspecified atom stereocenters. The Hall–Kier alpha value is -5.09. The van der Waals surface area contributed by atoms with Crippen LogP contribution in [-0.4, -0.2) is 38.4 Å². The Morgan fingerprint density at radius 3 is 2.64 bits per heavy atom. The molecule has 6 aromatic rings. The lowest BCUT2D eigenvalue weighted by Crippen LogP contribution is -2.26. The largest absolute Gasteiger partial charge is 0.443 e. The number of carbonyl (C=O) groups is 2. The molecule has 0 radical (unpaired) electrons. The van der Waals surface area contributed by atoms with Crippen LogP contribution in [0.1, 0.15) is 25.7 Å². The Kier molecular flexibility index (Phi) is 6.44. The number of oxazole rings is 1. The molecule has 39 heavy (non-hydrogen) atoms. The van der Waals surface area contributed by atoms with Crippen LogP contribution in [0, 0.1) is 0 Å². The number of hydrogen-bond acceptors (Lipinski definition) is 7. The Morgan fingerprint density at radius 2 is 1.87 bits per heavy atom. The smallest absolute Gasteiger partial charge is 0.268 e. The van der Waals surface area contributed by atoms with Gasteiger partial charge >= 0.3 is 0 Å². The Balaban J connectivity index is 1.34. The Morgan fingerprint density at radius 1 is 1.03 bits per heavy atom. The molecule has 0 atom stereocenters. The molecule has 0 spiro atoms. The summed E-state index contributed by atoms with van der Waals surface area (Å²) in [5, 5.41) is 2.96. The predicted molar refractivity (Wildman–Crippen MR) is 150 cm³/mol. The molecule has 192 valence electrons. The van der Waals surface area contributed by atoms with Crippen molar-refractivity contribution in [3.63, 3.8) is 0 Å². The van der Waals surface area contributed by atoms with Gasteiger partial charge in [0.1, 0.15) is 0 Å². The molecule has 2 aromatic carbocycles. The summed E-state index contributed by atoms with van der Waals surface area (Å²) < 4.78 is 7.25. The number of amides is 2. The van der Waals surface area contributed by atoms with Gasteiger partial charge in [0.05, 0.1) is 39.2 Å². The topological polar surface area (TPSA) is 106 Å². The van der Waals surface area contributed by atoms with Gasteiger partial charge in [-0.3, -0.25) is 19.9 Å². The third kappa shape index (κ3) is 4.92. The molecular weight excluding hydrogens is 512 g/mol. The highest BCUT2D eigenvalue weighted by atomic mass is 32.1. The summed E-state index contributed by atoms with van der Waals surface area (Å²) in [4.78, 5) is 42.3. The molecule has 0 fully saturated rings. The van der Waals surface area contributed by atoms with Crippen LogP contribution < -0.4 is 10.2 Å². The van der Waals surface area contributed by atoms with E-state index in [9.17, 15) is 9.59 Å². The third-order valence-corrected chi connectivity index (χ3v) is 7.32. The number of carbonyl (C=O) groups excluding carboxylic acids is 2. The number of imidazole rings is 1. The maximum Gasteiger partial charge on any atom is 0.268 e. The second kappa shape index (κ2) is 10.3. The Bertz CT molecular complexity index is 1760. The molecule has 2 amide bonds. The van der Waals surface area contributed by atoms with Crippen LogP contribution in [0.4, 0.5) is 11.6 Å². The predicted octanol–water partition coefficient (Wildman–Crippen LogP) is 5.73. The van der Waals surface area contributed by atoms with Gasteiger partial charge in [-0.15, -0.1) is 11.3 Å². The quantitative estimate of drug-likeness (QED) is 0.281. The molecule has 10 heteroatoms. The van der Waals surface area contributed by atoms with Crippen LogP contribution in [0.25, 0.3) is 21.7 Å². The van der Waals surface area contributed by atoms with Crippen LogP contribution in [-0.2, 0) is 6.54 Å². The van der Waals surface area contributed by atoms with Gasteiger partial charge in [-0.1, -0.05) is 24.3 Å². The number of nitrogens with zero attached hydrogens (tertiary/aromatic N) is 5. The molecule has 6 rings (SSSR count). The van der Waals surface area contributed by atoms with E-state index in [2.05, 4.69) is 15.3 Å². The second-order valence-electron chi connectivity index (χ2n) is 8.73. The van der Waals surface area contributed by atoms with Gasteiger partial charge in [0.25, 0.3) is 11.8 Å². The fraction of sp³-hybridized carbons (Fsp3) is 0.0690. The van der Waals surface area contributed by atoms with Crippen molar-refractivity contribution in [1.82, 2.24) is 19.5 Å². The third-order valence-electron chi connectivity index (χ3n) is 6.22. The van der Waals surface area contributed by atoms with Gasteiger partial charge in [-0.05, 0) is 54.6 Å². The number of rotatable bonds is 7. The van der Waals surface area contributed by atoms with E-state index in [1.54, 1.807) is 42.5 Å². The summed E-state index contributed by atoms with van der Waals surface area (Å²) >= 11 is 1.30. The average molecular weight is 535 g/mol. The van der Waals surface area contributed by atoms with Gasteiger partial charge in [0, 0.05) is 24.5 Å². The highest BCUT2D eigenvalue weighted by Crippen LogP contribution is 2.30. The van der Waals surface area contributed by atoms with Crippen molar-refractivity contribution >= 4 is 45.8 Å². The van der Waals surface area contributed by atoms with E-state index in [1.807, 2.05) is 65.2 Å². The van der Waals surface area contributed by atoms with Crippen molar-refractivity contribution < 1.29 is 14.0 Å². The number of aromatic nitrogens is 4. The molecule has 9 nitrogen and oxygen atoms in total. The molecule has 4 aromatic heterocycles. The minimum absolute atomic E-state index is 0.128. The molecule has 4 heterocycles. The van der Waals surface area contributed by atoms with Crippen molar-refractivity contribution in [3.8, 4) is 10.6 Å². The molecule has 0 bridgehead atoms. The fourth-order valence-electron chi connectivity index (χ4n) is 4.22. The number of thiophene rings is 1. The van der Waals surface area contributed by atoms with E-state index in [0.29, 0.717) is 39.9 Å². The lowest BCUT2D eigenvalue weighted by Gasteiger charge is -2.17. The van der Waals surface area contributed by atoms with Crippen LogP contribution in [0.5, 0.6) is 0 Å². The van der Waals surface area contributed by atoms with Gasteiger partial charge in [0.15, 0.2) is 12.2 Å². The van der Waals surface area contributed by atoms with E-state index >= 15 is 0 Å². The highest BCUT2D eigenvalue weighted by molar-refractivity contribution is 7.17. The molecule has 0 saturated carbocycles. The summed E-state index contributed by atoms with van der Waals surface area (Å²) in [5.41, 5.74) is 3.53. The maximum atomic E-state index is 13.2. The zero-order valence-corrected chi connectivity index (χ0v) is 21.6. The number of nitrogens with one attached hydrogen (secondary N) is 1. The number of fused-ring (bicyclic) bond motifs is 1. The summed E-state index contributed by atoms with van der Waals surface area (Å²) in [6.07, 6.45) is 4.69. The van der Waals surface area contributed by atoms with Gasteiger partial charge in [0.2, 0.25) is 5.95 Å². The summed E-state index contributed by atoms with van der Waals surface area (Å²) in [6.45, 7) is 0.402. The number of anilines is 2. The van der Waals surface area contributed by atoms with E-state index in [1.165, 1.54) is 17.7 Å². The van der Waals surface area contributed by atoms with Crippen LogP contribution in [0.2, 0.25) is 0 Å². The fourth-order valence-corrected chi connectivity index (χ4v) is 5.07. The first kappa shape index (κ1) is 24.3. The average Bonchev–Trinajstić information content (AvgIpc) is 3.74. The first-order valence-corrected chi connectivity index (χ1v) is 12.9. The summed E-state index contributed by atoms with van der Waals surface area (Å²) in [7, 11) is 1.73. The lowest BCUT2D eigenvalue weighted by atomic mass is 10.2. The van der Waals surface area contributed by atoms with Crippen molar-refractivity contribution in [2.45, 2.75) is 6.54 Å². The monoisotopic (exact) mass is 534 g/mol. The number of hydrogen-bond donors (Lipinski definition) is 1. The standard InChI is InChI=1S/C29H22N6O3S/c1-34(28(37)19-7-3-2-4-8-19)21-10-11-23-22(15-21)32-29(35(23)17-20-9-5-6-14-31-20)33-27(36)26-13-12-25(39-26)24-16-30-18-38-24/h2-16,18H,17H2,1H3,(H,32,33,36). The van der Waals surface area contributed by atoms with Crippen molar-refractivity contribution in [2.24, 2.45) is 0 Å². The van der Waals surface area contributed by atoms with Gasteiger partial charge < -0.3 is 13.9 Å². The highest BCUT2D eigenvalue weighted by Gasteiger charge is 2.20. The normalized spacial score (nSPS) is 11.0. The van der Waals surface area contributed by atoms with Crippen molar-refractivity contribution in [2.75, 3.05) is 17.3 Å². The minimum Gasteiger partial charge on any atom is -0.443 e. The minimum atomic E-state index is -0.292. The molecular formula is C29H22N6O3S.